The Morgan fingerprint density at radius 2 is 1.48 bits per heavy atom. The fraction of sp³-hybridized carbons (Fsp3) is 0.0952. The summed E-state index contributed by atoms with van der Waals surface area (Å²) in [5, 5.41) is 1.38. The van der Waals surface area contributed by atoms with Crippen molar-refractivity contribution in [2.24, 2.45) is 4.99 Å². The van der Waals surface area contributed by atoms with Crippen LogP contribution in [0.1, 0.15) is 17.0 Å². The van der Waals surface area contributed by atoms with Gasteiger partial charge in [-0.1, -0.05) is 71.7 Å². The Hall–Kier alpha value is -1.74. The van der Waals surface area contributed by atoms with Crippen molar-refractivity contribution in [2.45, 2.75) is 10.8 Å². The van der Waals surface area contributed by atoms with E-state index in [1.54, 1.807) is 11.8 Å². The molecule has 4 heteroatoms. The molecule has 0 aromatic heterocycles. The summed E-state index contributed by atoms with van der Waals surface area (Å²) in [6.45, 7) is 0. The number of hydrogen-bond donors (Lipinski definition) is 0. The Labute approximate surface area is 161 Å². The van der Waals surface area contributed by atoms with Crippen LogP contribution in [0.4, 0.5) is 5.69 Å². The van der Waals surface area contributed by atoms with E-state index in [0.29, 0.717) is 10.0 Å². The lowest BCUT2D eigenvalue weighted by molar-refractivity contribution is 1.04. The van der Waals surface area contributed by atoms with Gasteiger partial charge in [0, 0.05) is 26.6 Å². The molecule has 1 aliphatic rings. The average Bonchev–Trinajstić information content (AvgIpc) is 2.82. The van der Waals surface area contributed by atoms with Crippen LogP contribution in [-0.2, 0) is 0 Å². The van der Waals surface area contributed by atoms with Crippen LogP contribution in [-0.4, -0.2) is 11.5 Å². The van der Waals surface area contributed by atoms with Gasteiger partial charge >= 0.3 is 0 Å². The monoisotopic (exact) mass is 383 g/mol. The maximum Gasteiger partial charge on any atom is 0.0769 e. The Kier molecular flexibility index (Phi) is 4.85. The van der Waals surface area contributed by atoms with Crippen LogP contribution in [0.5, 0.6) is 0 Å². The highest BCUT2D eigenvalue weighted by Crippen LogP contribution is 2.42. The van der Waals surface area contributed by atoms with E-state index >= 15 is 0 Å². The van der Waals surface area contributed by atoms with Crippen molar-refractivity contribution < 1.29 is 0 Å². The van der Waals surface area contributed by atoms with Gasteiger partial charge in [0.25, 0.3) is 0 Å². The van der Waals surface area contributed by atoms with Gasteiger partial charge in [0.05, 0.1) is 11.4 Å². The van der Waals surface area contributed by atoms with Crippen molar-refractivity contribution in [1.29, 1.82) is 0 Å². The minimum absolute atomic E-state index is 0.0287. The number of aliphatic imine (C=N–C) groups is 1. The minimum atomic E-state index is 0.0287. The number of halogens is 2. The second kappa shape index (κ2) is 7.25. The molecule has 0 fully saturated rings. The molecule has 0 saturated heterocycles. The van der Waals surface area contributed by atoms with Crippen LogP contribution < -0.4 is 0 Å². The smallest absolute Gasteiger partial charge is 0.0769 e. The summed E-state index contributed by atoms with van der Waals surface area (Å²) in [5.74, 6) is 0.870. The summed E-state index contributed by atoms with van der Waals surface area (Å²) in [5.41, 5.74) is 4.06. The number of thioether (sulfide) groups is 1. The van der Waals surface area contributed by atoms with Gasteiger partial charge in [-0.15, -0.1) is 11.8 Å². The number of para-hydroxylation sites is 1. The Morgan fingerprint density at radius 1 is 0.800 bits per heavy atom. The molecule has 3 aromatic carbocycles. The Morgan fingerprint density at radius 3 is 2.24 bits per heavy atom. The van der Waals surface area contributed by atoms with Crippen molar-refractivity contribution >= 4 is 46.4 Å². The van der Waals surface area contributed by atoms with Crippen molar-refractivity contribution in [3.05, 3.63) is 94.0 Å². The van der Waals surface area contributed by atoms with Crippen molar-refractivity contribution in [3.63, 3.8) is 0 Å². The van der Waals surface area contributed by atoms with Crippen molar-refractivity contribution in [2.75, 3.05) is 5.75 Å². The van der Waals surface area contributed by atoms with Crippen LogP contribution in [0.2, 0.25) is 10.0 Å². The molecule has 3 aromatic rings. The summed E-state index contributed by atoms with van der Waals surface area (Å²) in [6, 6.07) is 24.2. The molecule has 0 unspecified atom stereocenters. The molecule has 4 rings (SSSR count). The molecule has 1 aliphatic heterocycles. The number of rotatable bonds is 2. The van der Waals surface area contributed by atoms with Crippen LogP contribution >= 0.6 is 35.0 Å². The summed E-state index contributed by atoms with van der Waals surface area (Å²) in [4.78, 5) is 6.21. The normalized spacial score (nSPS) is 16.7. The first-order chi connectivity index (χ1) is 12.2. The van der Waals surface area contributed by atoms with E-state index < -0.39 is 0 Å². The number of nitrogens with zero attached hydrogens (tertiary/aromatic N) is 1. The second-order valence-corrected chi connectivity index (χ2v) is 7.71. The minimum Gasteiger partial charge on any atom is -0.251 e. The highest BCUT2D eigenvalue weighted by atomic mass is 35.5. The number of benzene rings is 3. The predicted octanol–water partition coefficient (Wildman–Crippen LogP) is 7.00. The van der Waals surface area contributed by atoms with Crippen molar-refractivity contribution in [3.8, 4) is 0 Å². The average molecular weight is 384 g/mol. The first-order valence-electron chi connectivity index (χ1n) is 8.04. The lowest BCUT2D eigenvalue weighted by Gasteiger charge is -2.20. The molecule has 25 heavy (non-hydrogen) atoms. The molecule has 0 aliphatic carbocycles. The van der Waals surface area contributed by atoms with Gasteiger partial charge in [0.15, 0.2) is 0 Å². The Balaban J connectivity index is 1.92. The molecule has 1 nitrogen and oxygen atoms in total. The number of hydrogen-bond acceptors (Lipinski definition) is 2. The summed E-state index contributed by atoms with van der Waals surface area (Å²) in [7, 11) is 0. The maximum absolute atomic E-state index is 6.53. The van der Waals surface area contributed by atoms with Crippen LogP contribution in [0.15, 0.2) is 82.7 Å². The van der Waals surface area contributed by atoms with E-state index in [1.807, 2.05) is 48.5 Å². The van der Waals surface area contributed by atoms with Gasteiger partial charge in [0.1, 0.15) is 0 Å². The zero-order valence-electron chi connectivity index (χ0n) is 13.3. The molecule has 0 bridgehead atoms. The fourth-order valence-electron chi connectivity index (χ4n) is 3.07. The lowest BCUT2D eigenvalue weighted by atomic mass is 9.91. The van der Waals surface area contributed by atoms with Gasteiger partial charge in [-0.25, -0.2) is 0 Å². The summed E-state index contributed by atoms with van der Waals surface area (Å²) in [6.07, 6.45) is 0. The molecular weight excluding hydrogens is 369 g/mol. The van der Waals surface area contributed by atoms with Crippen molar-refractivity contribution in [1.82, 2.24) is 0 Å². The maximum atomic E-state index is 6.53. The van der Waals surface area contributed by atoms with Gasteiger partial charge in [-0.3, -0.25) is 4.99 Å². The standard InChI is InChI=1S/C21H15Cl2NS/c22-16-9-6-10-17(23)20(16)15-13-25-19-12-5-4-11-18(19)24-21(15)14-7-2-1-3-8-14/h1-12,15H,13H2/t15-/m1/s1. The van der Waals surface area contributed by atoms with Crippen LogP contribution in [0.25, 0.3) is 0 Å². The molecule has 0 radical (unpaired) electrons. The number of fused-ring (bicyclic) bond motifs is 1. The van der Waals surface area contributed by atoms with E-state index in [2.05, 4.69) is 24.3 Å². The molecule has 124 valence electrons. The van der Waals surface area contributed by atoms with E-state index in [-0.39, 0.29) is 5.92 Å². The van der Waals surface area contributed by atoms with Gasteiger partial charge in [-0.2, -0.15) is 0 Å². The first-order valence-corrected chi connectivity index (χ1v) is 9.78. The Bertz CT molecular complexity index is 917. The molecule has 0 N–H and O–H groups in total. The SMILES string of the molecule is Clc1cccc(Cl)c1[C@H]1CSc2ccccc2N=C1c1ccccc1. The van der Waals surface area contributed by atoms with Crippen LogP contribution in [0, 0.1) is 0 Å². The molecule has 0 spiro atoms. The zero-order chi connectivity index (χ0) is 17.2. The highest BCUT2D eigenvalue weighted by molar-refractivity contribution is 7.99. The third-order valence-corrected chi connectivity index (χ3v) is 6.07. The van der Waals surface area contributed by atoms with E-state index in [4.69, 9.17) is 28.2 Å². The highest BCUT2D eigenvalue weighted by Gasteiger charge is 2.27. The third kappa shape index (κ3) is 3.35. The van der Waals surface area contributed by atoms with Gasteiger partial charge in [0.2, 0.25) is 0 Å². The molecule has 1 heterocycles. The zero-order valence-corrected chi connectivity index (χ0v) is 15.7. The quantitative estimate of drug-likeness (QED) is 0.463. The van der Waals surface area contributed by atoms with E-state index in [9.17, 15) is 0 Å². The van der Waals surface area contributed by atoms with Crippen LogP contribution in [0.3, 0.4) is 0 Å². The largest absolute Gasteiger partial charge is 0.251 e. The first kappa shape index (κ1) is 16.7. The summed E-state index contributed by atoms with van der Waals surface area (Å²) < 4.78 is 0. The molecule has 1 atom stereocenters. The third-order valence-electron chi connectivity index (χ3n) is 4.26. The van der Waals surface area contributed by atoms with Gasteiger partial charge < -0.3 is 0 Å². The molecule has 0 amide bonds. The van der Waals surface area contributed by atoms with Gasteiger partial charge in [-0.05, 0) is 35.4 Å². The van der Waals surface area contributed by atoms with E-state index in [0.717, 1.165) is 28.3 Å². The fourth-order valence-corrected chi connectivity index (χ4v) is 4.84. The predicted molar refractivity (Wildman–Crippen MR) is 109 cm³/mol. The lowest BCUT2D eigenvalue weighted by Crippen LogP contribution is -2.16. The topological polar surface area (TPSA) is 12.4 Å². The second-order valence-electron chi connectivity index (χ2n) is 5.83. The summed E-state index contributed by atoms with van der Waals surface area (Å²) >= 11 is 14.9. The molecular formula is C21H15Cl2NS. The van der Waals surface area contributed by atoms with E-state index in [1.165, 1.54) is 4.90 Å². The molecule has 0 saturated carbocycles.